The van der Waals surface area contributed by atoms with Crippen molar-refractivity contribution in [1.82, 2.24) is 9.99 Å². The zero-order valence-electron chi connectivity index (χ0n) is 18.5. The van der Waals surface area contributed by atoms with E-state index in [0.717, 1.165) is 16.7 Å². The number of nitrogens with zero attached hydrogens (tertiary/aromatic N) is 2. The van der Waals surface area contributed by atoms with E-state index in [0.29, 0.717) is 31.3 Å². The van der Waals surface area contributed by atoms with E-state index in [1.165, 1.54) is 16.8 Å². The molecule has 1 aromatic heterocycles. The van der Waals surface area contributed by atoms with Crippen LogP contribution in [0.15, 0.2) is 70.7 Å². The molecule has 0 aliphatic rings. The predicted molar refractivity (Wildman–Crippen MR) is 125 cm³/mol. The van der Waals surface area contributed by atoms with Crippen LogP contribution in [0.4, 0.5) is 0 Å². The minimum atomic E-state index is -0.569. The number of ether oxygens (including phenoxy) is 2. The number of benzene rings is 2. The van der Waals surface area contributed by atoms with Crippen molar-refractivity contribution in [3.05, 3.63) is 93.4 Å². The first kappa shape index (κ1) is 22.8. The molecule has 0 radical (unpaired) electrons. The number of aryl methyl sites for hydroxylation is 1. The Bertz CT molecular complexity index is 1170. The van der Waals surface area contributed by atoms with Crippen molar-refractivity contribution < 1.29 is 14.3 Å². The molecule has 0 aliphatic heterocycles. The number of hydrogen-bond acceptors (Lipinski definition) is 5. The van der Waals surface area contributed by atoms with Crippen molar-refractivity contribution in [3.63, 3.8) is 0 Å². The number of hydrazone groups is 1. The van der Waals surface area contributed by atoms with Crippen LogP contribution in [0.2, 0.25) is 0 Å². The summed E-state index contributed by atoms with van der Waals surface area (Å²) in [5.41, 5.74) is 4.90. The van der Waals surface area contributed by atoms with Gasteiger partial charge in [-0.15, -0.1) is 0 Å². The van der Waals surface area contributed by atoms with Crippen LogP contribution in [-0.2, 0) is 6.54 Å². The largest absolute Gasteiger partial charge is 0.490 e. The molecule has 2 aromatic carbocycles. The Morgan fingerprint density at radius 2 is 1.81 bits per heavy atom. The molecule has 32 heavy (non-hydrogen) atoms. The molecular formula is C25H27N3O4. The number of aromatic nitrogens is 1. The van der Waals surface area contributed by atoms with E-state index in [-0.39, 0.29) is 11.1 Å². The summed E-state index contributed by atoms with van der Waals surface area (Å²) >= 11 is 0. The fourth-order valence-electron chi connectivity index (χ4n) is 3.22. The van der Waals surface area contributed by atoms with E-state index in [1.807, 2.05) is 45.0 Å². The van der Waals surface area contributed by atoms with E-state index in [9.17, 15) is 9.59 Å². The van der Waals surface area contributed by atoms with E-state index in [4.69, 9.17) is 9.47 Å². The predicted octanol–water partition coefficient (Wildman–Crippen LogP) is 3.77. The first-order valence-corrected chi connectivity index (χ1v) is 10.5. The summed E-state index contributed by atoms with van der Waals surface area (Å²) in [5.74, 6) is 0.682. The van der Waals surface area contributed by atoms with Gasteiger partial charge in [0.1, 0.15) is 5.56 Å². The van der Waals surface area contributed by atoms with Crippen LogP contribution < -0.4 is 20.5 Å². The highest BCUT2D eigenvalue weighted by molar-refractivity contribution is 5.94. The maximum Gasteiger partial charge on any atom is 0.276 e. The molecule has 7 nitrogen and oxygen atoms in total. The van der Waals surface area contributed by atoms with Crippen molar-refractivity contribution in [3.8, 4) is 11.5 Å². The van der Waals surface area contributed by atoms with Crippen molar-refractivity contribution >= 4 is 12.1 Å². The van der Waals surface area contributed by atoms with Crippen LogP contribution in [-0.4, -0.2) is 29.9 Å². The summed E-state index contributed by atoms with van der Waals surface area (Å²) < 4.78 is 12.6. The van der Waals surface area contributed by atoms with Gasteiger partial charge in [-0.1, -0.05) is 29.8 Å². The summed E-state index contributed by atoms with van der Waals surface area (Å²) in [6.45, 7) is 7.21. The van der Waals surface area contributed by atoms with Crippen molar-refractivity contribution in [2.45, 2.75) is 27.3 Å². The molecule has 0 saturated heterocycles. The van der Waals surface area contributed by atoms with Gasteiger partial charge in [-0.2, -0.15) is 5.10 Å². The number of rotatable bonds is 9. The second-order valence-electron chi connectivity index (χ2n) is 7.12. The highest BCUT2D eigenvalue weighted by Gasteiger charge is 2.12. The smallest absolute Gasteiger partial charge is 0.276 e. The Morgan fingerprint density at radius 1 is 1.03 bits per heavy atom. The Labute approximate surface area is 187 Å². The molecule has 0 unspecified atom stereocenters. The number of pyridine rings is 1. The molecular weight excluding hydrogens is 406 g/mol. The third-order valence-corrected chi connectivity index (χ3v) is 4.65. The lowest BCUT2D eigenvalue weighted by Crippen LogP contribution is -2.30. The summed E-state index contributed by atoms with van der Waals surface area (Å²) in [5, 5.41) is 3.99. The van der Waals surface area contributed by atoms with Gasteiger partial charge in [-0.25, -0.2) is 5.43 Å². The zero-order chi connectivity index (χ0) is 22.9. The number of hydrogen-bond donors (Lipinski definition) is 1. The lowest BCUT2D eigenvalue weighted by Gasteiger charge is -2.11. The monoisotopic (exact) mass is 433 g/mol. The highest BCUT2D eigenvalue weighted by atomic mass is 16.5. The number of carbonyl (C=O) groups is 1. The van der Waals surface area contributed by atoms with E-state index < -0.39 is 5.91 Å². The molecule has 166 valence electrons. The van der Waals surface area contributed by atoms with Crippen LogP contribution in [0.5, 0.6) is 11.5 Å². The average molecular weight is 434 g/mol. The standard InChI is InChI=1S/C25H27N3O4/c1-4-31-22-12-11-19(15-23(22)32-5-2)16-26-27-24(29)21-10-7-13-28(25(21)30)17-20-9-6-8-18(3)14-20/h6-16H,4-5,17H2,1-3H3,(H,27,29)/b26-16-. The summed E-state index contributed by atoms with van der Waals surface area (Å²) in [6.07, 6.45) is 3.16. The summed E-state index contributed by atoms with van der Waals surface area (Å²) in [6, 6.07) is 16.4. The van der Waals surface area contributed by atoms with Gasteiger partial charge in [0, 0.05) is 6.20 Å². The first-order valence-electron chi connectivity index (χ1n) is 10.5. The van der Waals surface area contributed by atoms with Crippen LogP contribution in [0.3, 0.4) is 0 Å². The topological polar surface area (TPSA) is 81.9 Å². The van der Waals surface area contributed by atoms with Gasteiger partial charge in [0.2, 0.25) is 0 Å². The van der Waals surface area contributed by atoms with Gasteiger partial charge in [0.15, 0.2) is 11.5 Å². The zero-order valence-corrected chi connectivity index (χ0v) is 18.5. The molecule has 0 bridgehead atoms. The highest BCUT2D eigenvalue weighted by Crippen LogP contribution is 2.27. The SMILES string of the molecule is CCOc1ccc(/C=N\NC(=O)c2cccn(Cc3cccc(C)c3)c2=O)cc1OCC. The van der Waals surface area contributed by atoms with Crippen molar-refractivity contribution in [2.24, 2.45) is 5.10 Å². The minimum absolute atomic E-state index is 0.0269. The second-order valence-corrected chi connectivity index (χ2v) is 7.12. The van der Waals surface area contributed by atoms with Crippen LogP contribution in [0, 0.1) is 6.92 Å². The molecule has 1 N–H and O–H groups in total. The number of carbonyl (C=O) groups excluding carboxylic acids is 1. The lowest BCUT2D eigenvalue weighted by atomic mass is 10.1. The Kier molecular flexibility index (Phi) is 7.80. The quantitative estimate of drug-likeness (QED) is 0.411. The normalized spacial score (nSPS) is 10.8. The van der Waals surface area contributed by atoms with Crippen molar-refractivity contribution in [1.29, 1.82) is 0 Å². The van der Waals surface area contributed by atoms with E-state index >= 15 is 0 Å². The lowest BCUT2D eigenvalue weighted by molar-refractivity contribution is 0.0953. The van der Waals surface area contributed by atoms with Crippen LogP contribution >= 0.6 is 0 Å². The van der Waals surface area contributed by atoms with Gasteiger partial charge in [-0.05, 0) is 62.2 Å². The fraction of sp³-hybridized carbons (Fsp3) is 0.240. The second kappa shape index (κ2) is 10.9. The molecule has 0 saturated carbocycles. The summed E-state index contributed by atoms with van der Waals surface area (Å²) in [7, 11) is 0. The molecule has 0 atom stereocenters. The maximum absolute atomic E-state index is 12.8. The van der Waals surface area contributed by atoms with Gasteiger partial charge in [-0.3, -0.25) is 9.59 Å². The van der Waals surface area contributed by atoms with E-state index in [2.05, 4.69) is 10.5 Å². The third kappa shape index (κ3) is 5.85. The fourth-order valence-corrected chi connectivity index (χ4v) is 3.22. The third-order valence-electron chi connectivity index (χ3n) is 4.65. The first-order chi connectivity index (χ1) is 15.5. The molecule has 3 rings (SSSR count). The number of nitrogens with one attached hydrogen (secondary N) is 1. The van der Waals surface area contributed by atoms with E-state index in [1.54, 1.807) is 30.5 Å². The molecule has 3 aromatic rings. The summed E-state index contributed by atoms with van der Waals surface area (Å²) in [4.78, 5) is 25.3. The van der Waals surface area contributed by atoms with Gasteiger partial charge in [0.25, 0.3) is 11.5 Å². The molecule has 1 amide bonds. The molecule has 0 spiro atoms. The Morgan fingerprint density at radius 3 is 2.56 bits per heavy atom. The minimum Gasteiger partial charge on any atom is -0.490 e. The molecule has 1 heterocycles. The van der Waals surface area contributed by atoms with Crippen molar-refractivity contribution in [2.75, 3.05) is 13.2 Å². The average Bonchev–Trinajstić information content (AvgIpc) is 2.77. The van der Waals surface area contributed by atoms with Gasteiger partial charge < -0.3 is 14.0 Å². The van der Waals surface area contributed by atoms with Gasteiger partial charge in [0.05, 0.1) is 26.0 Å². The van der Waals surface area contributed by atoms with Crippen LogP contribution in [0.25, 0.3) is 0 Å². The molecule has 7 heteroatoms. The molecule has 0 fully saturated rings. The van der Waals surface area contributed by atoms with Crippen LogP contribution in [0.1, 0.15) is 40.9 Å². The maximum atomic E-state index is 12.8. The molecule has 0 aliphatic carbocycles. The Balaban J connectivity index is 1.72. The van der Waals surface area contributed by atoms with Gasteiger partial charge >= 0.3 is 0 Å². The Hall–Kier alpha value is -3.87. The number of amides is 1.